The first kappa shape index (κ1) is 15.0. The van der Waals surface area contributed by atoms with Crippen LogP contribution in [-0.4, -0.2) is 21.7 Å². The Morgan fingerprint density at radius 3 is 2.40 bits per heavy atom. The zero-order chi connectivity index (χ0) is 14.6. The molecule has 1 fully saturated rings. The van der Waals surface area contributed by atoms with Gasteiger partial charge in [-0.05, 0) is 25.0 Å². The van der Waals surface area contributed by atoms with Gasteiger partial charge in [-0.1, -0.05) is 36.5 Å². The van der Waals surface area contributed by atoms with E-state index in [-0.39, 0.29) is 5.78 Å². The topological polar surface area (TPSA) is 74.6 Å². The third-order valence-corrected chi connectivity index (χ3v) is 4.38. The lowest BCUT2D eigenvalue weighted by Gasteiger charge is -2.39. The summed E-state index contributed by atoms with van der Waals surface area (Å²) < 4.78 is 11.0. The van der Waals surface area contributed by atoms with E-state index in [0.29, 0.717) is 19.3 Å². The summed E-state index contributed by atoms with van der Waals surface area (Å²) >= 11 is 0. The lowest BCUT2D eigenvalue weighted by Crippen LogP contribution is -2.39. The normalized spacial score (nSPS) is 16.7. The van der Waals surface area contributed by atoms with E-state index < -0.39 is 19.2 Å². The number of rotatable bonds is 4. The van der Waals surface area contributed by atoms with E-state index in [1.165, 1.54) is 0 Å². The molecule has 0 unspecified atom stereocenters. The predicted molar refractivity (Wildman–Crippen MR) is 76.1 cm³/mol. The number of hydrogen-bond acceptors (Lipinski definition) is 2. The fraction of sp³-hybridized carbons (Fsp3) is 0.400. The van der Waals surface area contributed by atoms with Crippen LogP contribution in [0.1, 0.15) is 31.2 Å². The van der Waals surface area contributed by atoms with Gasteiger partial charge in [0.15, 0.2) is 5.78 Å². The first-order valence-corrected chi connectivity index (χ1v) is 8.33. The van der Waals surface area contributed by atoms with Gasteiger partial charge < -0.3 is 9.79 Å². The molecule has 0 amide bonds. The van der Waals surface area contributed by atoms with Crippen LogP contribution in [0.4, 0.5) is 0 Å². The SMILES string of the molecule is O=C(CP(=O)(O)O)C1(CC#Cc2ccccc2)CCC1. The molecule has 1 aliphatic carbocycles. The van der Waals surface area contributed by atoms with Crippen molar-refractivity contribution in [2.24, 2.45) is 5.41 Å². The zero-order valence-electron chi connectivity index (χ0n) is 11.1. The first-order chi connectivity index (χ1) is 9.41. The summed E-state index contributed by atoms with van der Waals surface area (Å²) in [5.74, 6) is 5.63. The van der Waals surface area contributed by atoms with E-state index in [4.69, 9.17) is 9.79 Å². The zero-order valence-corrected chi connectivity index (χ0v) is 12.0. The Kier molecular flexibility index (Phi) is 4.45. The molecule has 0 spiro atoms. The predicted octanol–water partition coefficient (Wildman–Crippen LogP) is 2.35. The van der Waals surface area contributed by atoms with E-state index in [1.54, 1.807) is 0 Å². The van der Waals surface area contributed by atoms with Crippen LogP contribution < -0.4 is 0 Å². The van der Waals surface area contributed by atoms with Crippen molar-refractivity contribution in [3.63, 3.8) is 0 Å². The molecule has 1 aliphatic rings. The van der Waals surface area contributed by atoms with Crippen LogP contribution in [-0.2, 0) is 9.36 Å². The Balaban J connectivity index is 2.04. The van der Waals surface area contributed by atoms with Gasteiger partial charge in [0.2, 0.25) is 0 Å². The molecule has 0 heterocycles. The summed E-state index contributed by atoms with van der Waals surface area (Å²) in [6, 6.07) is 9.46. The van der Waals surface area contributed by atoms with Crippen LogP contribution in [0.15, 0.2) is 30.3 Å². The number of carbonyl (C=O) groups excluding carboxylic acids is 1. The van der Waals surface area contributed by atoms with Gasteiger partial charge in [0.25, 0.3) is 0 Å². The number of hydrogen-bond donors (Lipinski definition) is 2. The fourth-order valence-corrected chi connectivity index (χ4v) is 3.06. The molecule has 0 atom stereocenters. The maximum absolute atomic E-state index is 12.0. The summed E-state index contributed by atoms with van der Waals surface area (Å²) in [5, 5.41) is 0. The third kappa shape index (κ3) is 3.80. The van der Waals surface area contributed by atoms with Gasteiger partial charge in [0.1, 0.15) is 6.16 Å². The van der Waals surface area contributed by atoms with Crippen molar-refractivity contribution >= 4 is 13.4 Å². The molecular weight excluding hydrogens is 275 g/mol. The molecule has 4 nitrogen and oxygen atoms in total. The second kappa shape index (κ2) is 5.93. The average molecular weight is 292 g/mol. The number of benzene rings is 1. The lowest BCUT2D eigenvalue weighted by molar-refractivity contribution is -0.130. The van der Waals surface area contributed by atoms with Crippen LogP contribution in [0, 0.1) is 17.3 Å². The van der Waals surface area contributed by atoms with E-state index in [2.05, 4.69) is 11.8 Å². The average Bonchev–Trinajstić information content (AvgIpc) is 2.31. The van der Waals surface area contributed by atoms with Gasteiger partial charge in [-0.15, -0.1) is 0 Å². The fourth-order valence-electron chi connectivity index (χ4n) is 2.35. The molecule has 2 rings (SSSR count). The molecule has 0 radical (unpaired) electrons. The molecule has 0 aliphatic heterocycles. The highest BCUT2D eigenvalue weighted by Gasteiger charge is 2.44. The van der Waals surface area contributed by atoms with Gasteiger partial charge in [-0.3, -0.25) is 9.36 Å². The molecule has 1 saturated carbocycles. The second-order valence-corrected chi connectivity index (χ2v) is 6.87. The molecule has 20 heavy (non-hydrogen) atoms. The van der Waals surface area contributed by atoms with Crippen LogP contribution in [0.2, 0.25) is 0 Å². The Hall–Kier alpha value is -1.40. The van der Waals surface area contributed by atoms with Crippen molar-refractivity contribution in [2.45, 2.75) is 25.7 Å². The highest BCUT2D eigenvalue weighted by molar-refractivity contribution is 7.52. The molecule has 1 aromatic carbocycles. The van der Waals surface area contributed by atoms with Crippen LogP contribution >= 0.6 is 7.60 Å². The minimum Gasteiger partial charge on any atom is -0.324 e. The Labute approximate surface area is 118 Å². The number of ketones is 1. The molecular formula is C15H17O4P. The lowest BCUT2D eigenvalue weighted by atomic mass is 9.64. The molecule has 106 valence electrons. The highest BCUT2D eigenvalue weighted by atomic mass is 31.2. The Morgan fingerprint density at radius 1 is 1.25 bits per heavy atom. The number of Topliss-reactive ketones (excluding diaryl/α,β-unsaturated/α-hetero) is 1. The summed E-state index contributed by atoms with van der Waals surface area (Å²) in [7, 11) is -4.29. The summed E-state index contributed by atoms with van der Waals surface area (Å²) in [5.41, 5.74) is 0.243. The standard InChI is InChI=1S/C15H17O4P/c16-14(12-20(17,18)19)15(10-5-11-15)9-4-8-13-6-2-1-3-7-13/h1-3,6-7H,5,9-12H2,(H2,17,18,19). The quantitative estimate of drug-likeness (QED) is 0.660. The van der Waals surface area contributed by atoms with E-state index in [0.717, 1.165) is 12.0 Å². The summed E-state index contributed by atoms with van der Waals surface area (Å²) in [6.45, 7) is 0. The van der Waals surface area contributed by atoms with Crippen molar-refractivity contribution in [1.82, 2.24) is 0 Å². The smallest absolute Gasteiger partial charge is 0.324 e. The summed E-state index contributed by atoms with van der Waals surface area (Å²) in [4.78, 5) is 29.9. The third-order valence-electron chi connectivity index (χ3n) is 3.69. The minimum atomic E-state index is -4.29. The van der Waals surface area contributed by atoms with Crippen molar-refractivity contribution in [2.75, 3.05) is 6.16 Å². The van der Waals surface area contributed by atoms with Crippen LogP contribution in [0.3, 0.4) is 0 Å². The van der Waals surface area contributed by atoms with Crippen LogP contribution in [0.5, 0.6) is 0 Å². The van der Waals surface area contributed by atoms with Crippen molar-refractivity contribution in [3.8, 4) is 11.8 Å². The molecule has 1 aromatic rings. The van der Waals surface area contributed by atoms with Crippen LogP contribution in [0.25, 0.3) is 0 Å². The maximum Gasteiger partial charge on any atom is 0.332 e. The Morgan fingerprint density at radius 2 is 1.90 bits per heavy atom. The summed E-state index contributed by atoms with van der Waals surface area (Å²) in [6.07, 6.45) is 1.98. The van der Waals surface area contributed by atoms with Gasteiger partial charge >= 0.3 is 7.60 Å². The van der Waals surface area contributed by atoms with Gasteiger partial charge in [-0.25, -0.2) is 0 Å². The minimum absolute atomic E-state index is 0.348. The Bertz CT molecular complexity index is 587. The van der Waals surface area contributed by atoms with E-state index in [9.17, 15) is 9.36 Å². The number of carbonyl (C=O) groups is 1. The molecule has 0 aromatic heterocycles. The van der Waals surface area contributed by atoms with E-state index in [1.807, 2.05) is 30.3 Å². The molecule has 2 N–H and O–H groups in total. The highest BCUT2D eigenvalue weighted by Crippen LogP contribution is 2.48. The van der Waals surface area contributed by atoms with Gasteiger partial charge in [0, 0.05) is 17.4 Å². The largest absolute Gasteiger partial charge is 0.332 e. The van der Waals surface area contributed by atoms with Gasteiger partial charge in [-0.2, -0.15) is 0 Å². The molecule has 0 saturated heterocycles. The second-order valence-electron chi connectivity index (χ2n) is 5.22. The first-order valence-electron chi connectivity index (χ1n) is 6.53. The van der Waals surface area contributed by atoms with Crippen molar-refractivity contribution in [3.05, 3.63) is 35.9 Å². The molecule has 5 heteroatoms. The van der Waals surface area contributed by atoms with Crippen molar-refractivity contribution in [1.29, 1.82) is 0 Å². The van der Waals surface area contributed by atoms with Gasteiger partial charge in [0.05, 0.1) is 0 Å². The monoisotopic (exact) mass is 292 g/mol. The van der Waals surface area contributed by atoms with E-state index >= 15 is 0 Å². The van der Waals surface area contributed by atoms with Crippen molar-refractivity contribution < 1.29 is 19.1 Å². The molecule has 0 bridgehead atoms. The maximum atomic E-state index is 12.0.